The van der Waals surface area contributed by atoms with Crippen molar-refractivity contribution >= 4 is 5.97 Å². The molecule has 0 unspecified atom stereocenters. The van der Waals surface area contributed by atoms with E-state index in [1.807, 2.05) is 75.4 Å². The third-order valence-corrected chi connectivity index (χ3v) is 2.89. The van der Waals surface area contributed by atoms with Crippen LogP contribution in [0, 0.1) is 5.41 Å². The van der Waals surface area contributed by atoms with Gasteiger partial charge in [0.15, 0.2) is 0 Å². The van der Waals surface area contributed by atoms with Crippen molar-refractivity contribution in [3.05, 3.63) is 60.2 Å². The van der Waals surface area contributed by atoms with Crippen LogP contribution in [0.2, 0.25) is 0 Å². The topological polar surface area (TPSA) is 35.5 Å². The van der Waals surface area contributed by atoms with Gasteiger partial charge in [-0.3, -0.25) is 4.79 Å². The summed E-state index contributed by atoms with van der Waals surface area (Å²) < 4.78 is 11.1. The number of para-hydroxylation sites is 1. The van der Waals surface area contributed by atoms with Crippen LogP contribution < -0.4 is 4.74 Å². The zero-order chi connectivity index (χ0) is 16.0. The Morgan fingerprint density at radius 2 is 1.64 bits per heavy atom. The Kier molecular flexibility index (Phi) is 5.21. The van der Waals surface area contributed by atoms with Crippen LogP contribution in [0.1, 0.15) is 26.3 Å². The molecule has 0 radical (unpaired) electrons. The molecule has 2 aromatic rings. The highest BCUT2D eigenvalue weighted by Gasteiger charge is 2.14. The fraction of sp³-hybridized carbons (Fsp3) is 0.316. The molecule has 0 aliphatic carbocycles. The van der Waals surface area contributed by atoms with Gasteiger partial charge in [0.25, 0.3) is 0 Å². The van der Waals surface area contributed by atoms with E-state index in [-0.39, 0.29) is 17.8 Å². The van der Waals surface area contributed by atoms with E-state index in [1.165, 1.54) is 0 Å². The molecule has 0 heterocycles. The monoisotopic (exact) mass is 298 g/mol. The van der Waals surface area contributed by atoms with Gasteiger partial charge >= 0.3 is 5.97 Å². The van der Waals surface area contributed by atoms with E-state index in [1.54, 1.807) is 0 Å². The first-order valence-electron chi connectivity index (χ1n) is 7.40. The molecular formula is C19H22O3. The molecular weight excluding hydrogens is 276 g/mol. The summed E-state index contributed by atoms with van der Waals surface area (Å²) in [6, 6.07) is 17.1. The molecule has 3 heteroatoms. The number of carbonyl (C=O) groups is 1. The van der Waals surface area contributed by atoms with E-state index < -0.39 is 0 Å². The van der Waals surface area contributed by atoms with Gasteiger partial charge in [0.1, 0.15) is 11.5 Å². The lowest BCUT2D eigenvalue weighted by atomic mass is 9.99. The summed E-state index contributed by atoms with van der Waals surface area (Å²) >= 11 is 0. The van der Waals surface area contributed by atoms with Crippen LogP contribution >= 0.6 is 0 Å². The molecule has 0 spiro atoms. The minimum Gasteiger partial charge on any atom is -0.465 e. The minimum atomic E-state index is -0.216. The Balaban J connectivity index is 1.95. The first-order chi connectivity index (χ1) is 10.4. The maximum Gasteiger partial charge on any atom is 0.310 e. The molecule has 22 heavy (non-hydrogen) atoms. The van der Waals surface area contributed by atoms with Gasteiger partial charge in [0, 0.05) is 0 Å². The van der Waals surface area contributed by atoms with Crippen LogP contribution in [0.4, 0.5) is 0 Å². The highest BCUT2D eigenvalue weighted by atomic mass is 16.5. The van der Waals surface area contributed by atoms with Crippen LogP contribution in [0.25, 0.3) is 0 Å². The van der Waals surface area contributed by atoms with E-state index in [4.69, 9.17) is 9.47 Å². The standard InChI is InChI=1S/C19H22O3/c1-19(2,3)14-21-18(20)13-15-8-7-11-17(12-15)22-16-9-5-4-6-10-16/h4-12H,13-14H2,1-3H3. The number of esters is 1. The van der Waals surface area contributed by atoms with Gasteiger partial charge in [-0.15, -0.1) is 0 Å². The molecule has 116 valence electrons. The number of carbonyl (C=O) groups excluding carboxylic acids is 1. The molecule has 0 aromatic heterocycles. The summed E-state index contributed by atoms with van der Waals surface area (Å²) in [5.74, 6) is 1.27. The molecule has 0 saturated carbocycles. The van der Waals surface area contributed by atoms with E-state index in [9.17, 15) is 4.79 Å². The molecule has 3 nitrogen and oxygen atoms in total. The van der Waals surface area contributed by atoms with E-state index in [0.29, 0.717) is 12.4 Å². The van der Waals surface area contributed by atoms with Gasteiger partial charge in [0.2, 0.25) is 0 Å². The average Bonchev–Trinajstić information content (AvgIpc) is 2.46. The number of hydrogen-bond acceptors (Lipinski definition) is 3. The number of rotatable bonds is 5. The predicted molar refractivity (Wildman–Crippen MR) is 87.1 cm³/mol. The minimum absolute atomic E-state index is 0.0199. The van der Waals surface area contributed by atoms with E-state index >= 15 is 0 Å². The van der Waals surface area contributed by atoms with Crippen LogP contribution in [-0.2, 0) is 16.0 Å². The number of ether oxygens (including phenoxy) is 2. The first-order valence-corrected chi connectivity index (χ1v) is 7.40. The number of hydrogen-bond donors (Lipinski definition) is 0. The summed E-state index contributed by atoms with van der Waals surface area (Å²) in [5.41, 5.74) is 0.862. The van der Waals surface area contributed by atoms with Gasteiger partial charge in [-0.1, -0.05) is 51.1 Å². The number of benzene rings is 2. The highest BCUT2D eigenvalue weighted by Crippen LogP contribution is 2.22. The zero-order valence-corrected chi connectivity index (χ0v) is 13.3. The van der Waals surface area contributed by atoms with Crippen LogP contribution in [0.3, 0.4) is 0 Å². The summed E-state index contributed by atoms with van der Waals surface area (Å²) in [5, 5.41) is 0. The summed E-state index contributed by atoms with van der Waals surface area (Å²) in [6.07, 6.45) is 0.252. The van der Waals surface area contributed by atoms with Crippen molar-refractivity contribution in [1.82, 2.24) is 0 Å². The molecule has 2 aromatic carbocycles. The van der Waals surface area contributed by atoms with Crippen molar-refractivity contribution < 1.29 is 14.3 Å². The fourth-order valence-corrected chi connectivity index (χ4v) is 1.86. The van der Waals surface area contributed by atoms with Crippen molar-refractivity contribution in [3.63, 3.8) is 0 Å². The molecule has 0 N–H and O–H groups in total. The Labute approximate surface area is 131 Å². The van der Waals surface area contributed by atoms with Gasteiger partial charge < -0.3 is 9.47 Å². The second kappa shape index (κ2) is 7.12. The third kappa shape index (κ3) is 5.60. The first kappa shape index (κ1) is 16.1. The largest absolute Gasteiger partial charge is 0.465 e. The predicted octanol–water partition coefficient (Wildman–Crippen LogP) is 4.61. The Morgan fingerprint density at radius 1 is 0.955 bits per heavy atom. The Bertz CT molecular complexity index is 612. The van der Waals surface area contributed by atoms with E-state index in [2.05, 4.69) is 0 Å². The molecule has 0 aliphatic rings. The maximum atomic E-state index is 11.9. The Hall–Kier alpha value is -2.29. The van der Waals surface area contributed by atoms with Crippen LogP contribution in [0.5, 0.6) is 11.5 Å². The summed E-state index contributed by atoms with van der Waals surface area (Å²) in [7, 11) is 0. The van der Waals surface area contributed by atoms with Gasteiger partial charge in [-0.05, 0) is 35.2 Å². The smallest absolute Gasteiger partial charge is 0.310 e. The maximum absolute atomic E-state index is 11.9. The molecule has 0 saturated heterocycles. The fourth-order valence-electron chi connectivity index (χ4n) is 1.86. The van der Waals surface area contributed by atoms with Gasteiger partial charge in [0.05, 0.1) is 13.0 Å². The second-order valence-electron chi connectivity index (χ2n) is 6.46. The van der Waals surface area contributed by atoms with E-state index in [0.717, 1.165) is 11.3 Å². The zero-order valence-electron chi connectivity index (χ0n) is 13.3. The quantitative estimate of drug-likeness (QED) is 0.756. The molecule has 2 rings (SSSR count). The van der Waals surface area contributed by atoms with Gasteiger partial charge in [-0.2, -0.15) is 0 Å². The molecule has 0 bridgehead atoms. The van der Waals surface area contributed by atoms with Crippen LogP contribution in [-0.4, -0.2) is 12.6 Å². The summed E-state index contributed by atoms with van der Waals surface area (Å²) in [6.45, 7) is 6.53. The van der Waals surface area contributed by atoms with Crippen LogP contribution in [0.15, 0.2) is 54.6 Å². The lowest BCUT2D eigenvalue weighted by molar-refractivity contribution is -0.145. The van der Waals surface area contributed by atoms with Crippen molar-refractivity contribution in [2.45, 2.75) is 27.2 Å². The lowest BCUT2D eigenvalue weighted by Crippen LogP contribution is -2.19. The molecule has 0 amide bonds. The van der Waals surface area contributed by atoms with Crippen molar-refractivity contribution in [1.29, 1.82) is 0 Å². The second-order valence-corrected chi connectivity index (χ2v) is 6.46. The average molecular weight is 298 g/mol. The normalized spacial score (nSPS) is 11.0. The van der Waals surface area contributed by atoms with Crippen molar-refractivity contribution in [2.75, 3.05) is 6.61 Å². The van der Waals surface area contributed by atoms with Crippen molar-refractivity contribution in [2.24, 2.45) is 5.41 Å². The lowest BCUT2D eigenvalue weighted by Gasteiger charge is -2.17. The van der Waals surface area contributed by atoms with Crippen molar-refractivity contribution in [3.8, 4) is 11.5 Å². The Morgan fingerprint density at radius 3 is 2.32 bits per heavy atom. The SMILES string of the molecule is CC(C)(C)COC(=O)Cc1cccc(Oc2ccccc2)c1. The van der Waals surface area contributed by atoms with Gasteiger partial charge in [-0.25, -0.2) is 0 Å². The molecule has 0 fully saturated rings. The molecule has 0 aliphatic heterocycles. The molecule has 0 atom stereocenters. The highest BCUT2D eigenvalue weighted by molar-refractivity contribution is 5.72. The summed E-state index contributed by atoms with van der Waals surface area (Å²) in [4.78, 5) is 11.9. The third-order valence-electron chi connectivity index (χ3n) is 2.89.